The summed E-state index contributed by atoms with van der Waals surface area (Å²) in [6, 6.07) is 23.3. The van der Waals surface area contributed by atoms with E-state index in [-0.39, 0.29) is 5.78 Å². The van der Waals surface area contributed by atoms with E-state index in [1.165, 1.54) is 11.8 Å². The van der Waals surface area contributed by atoms with E-state index in [0.29, 0.717) is 15.6 Å². The summed E-state index contributed by atoms with van der Waals surface area (Å²) in [5.41, 5.74) is 1.46. The number of tetrazole rings is 1. The summed E-state index contributed by atoms with van der Waals surface area (Å²) in [5, 5.41) is 14.6. The molecule has 4 aromatic rings. The Balaban J connectivity index is 1.69. The Hall–Kier alpha value is -3.45. The van der Waals surface area contributed by atoms with E-state index in [2.05, 4.69) is 15.5 Å². The molecule has 4 rings (SSSR count). The quantitative estimate of drug-likeness (QED) is 0.274. The molecule has 7 heteroatoms. The first-order valence-electron chi connectivity index (χ1n) is 9.05. The molecule has 0 saturated heterocycles. The number of hydrogen-bond acceptors (Lipinski definition) is 6. The third kappa shape index (κ3) is 4.20. The number of para-hydroxylation sites is 1. The molecule has 0 amide bonds. The maximum Gasteiger partial charge on any atom is 0.219 e. The third-order valence-electron chi connectivity index (χ3n) is 4.25. The lowest BCUT2D eigenvalue weighted by molar-refractivity contribution is 0.104. The van der Waals surface area contributed by atoms with Gasteiger partial charge >= 0.3 is 0 Å². The zero-order chi connectivity index (χ0) is 20.2. The van der Waals surface area contributed by atoms with Crippen LogP contribution in [0.25, 0.3) is 16.5 Å². The monoisotopic (exact) mass is 401 g/mol. The average molecular weight is 401 g/mol. The van der Waals surface area contributed by atoms with E-state index in [1.807, 2.05) is 91.8 Å². The van der Waals surface area contributed by atoms with Crippen molar-refractivity contribution in [2.45, 2.75) is 5.16 Å². The van der Waals surface area contributed by atoms with E-state index in [4.69, 9.17) is 0 Å². The Morgan fingerprint density at radius 2 is 1.69 bits per heavy atom. The van der Waals surface area contributed by atoms with Gasteiger partial charge in [-0.25, -0.2) is 0 Å². The molecule has 0 saturated carbocycles. The largest absolute Gasteiger partial charge is 0.382 e. The van der Waals surface area contributed by atoms with E-state index < -0.39 is 0 Å². The SMILES string of the molecule is CN(C)/C=C(\Sc1nnnn1-c1ccccc1)C(=O)c1ccc2ccccc2c1. The highest BCUT2D eigenvalue weighted by Crippen LogP contribution is 2.30. The van der Waals surface area contributed by atoms with Gasteiger partial charge in [0.15, 0.2) is 0 Å². The molecule has 0 spiro atoms. The second-order valence-corrected chi connectivity index (χ2v) is 7.67. The van der Waals surface area contributed by atoms with Gasteiger partial charge in [0.2, 0.25) is 10.9 Å². The fourth-order valence-corrected chi connectivity index (χ4v) is 3.89. The van der Waals surface area contributed by atoms with Crippen LogP contribution in [0.1, 0.15) is 10.4 Å². The number of thioether (sulfide) groups is 1. The van der Waals surface area contributed by atoms with Gasteiger partial charge in [-0.2, -0.15) is 4.68 Å². The molecule has 0 bridgehead atoms. The molecule has 0 atom stereocenters. The molecule has 1 aromatic heterocycles. The third-order valence-corrected chi connectivity index (χ3v) is 5.20. The number of ketones is 1. The Labute approximate surface area is 172 Å². The predicted molar refractivity (Wildman–Crippen MR) is 115 cm³/mol. The molecule has 0 unspecified atom stereocenters. The van der Waals surface area contributed by atoms with Crippen molar-refractivity contribution in [3.8, 4) is 5.69 Å². The van der Waals surface area contributed by atoms with Gasteiger partial charge in [-0.1, -0.05) is 54.6 Å². The van der Waals surface area contributed by atoms with Gasteiger partial charge in [-0.05, 0) is 51.2 Å². The van der Waals surface area contributed by atoms with Crippen molar-refractivity contribution in [3.63, 3.8) is 0 Å². The molecule has 0 radical (unpaired) electrons. The topological polar surface area (TPSA) is 63.9 Å². The Kier molecular flexibility index (Phi) is 5.39. The van der Waals surface area contributed by atoms with Crippen LogP contribution in [0.4, 0.5) is 0 Å². The first-order chi connectivity index (χ1) is 14.1. The molecule has 29 heavy (non-hydrogen) atoms. The lowest BCUT2D eigenvalue weighted by Gasteiger charge is -2.11. The number of hydrogen-bond donors (Lipinski definition) is 0. The molecule has 1 heterocycles. The van der Waals surface area contributed by atoms with Crippen LogP contribution in [0, 0.1) is 0 Å². The zero-order valence-electron chi connectivity index (χ0n) is 16.1. The number of carbonyl (C=O) groups excluding carboxylic acids is 1. The highest BCUT2D eigenvalue weighted by atomic mass is 32.2. The molecular formula is C22H19N5OS. The molecule has 0 aliphatic rings. The van der Waals surface area contributed by atoms with Crippen LogP contribution in [-0.2, 0) is 0 Å². The lowest BCUT2D eigenvalue weighted by atomic mass is 10.0. The van der Waals surface area contributed by atoms with Gasteiger partial charge in [0.1, 0.15) is 0 Å². The normalized spacial score (nSPS) is 11.6. The lowest BCUT2D eigenvalue weighted by Crippen LogP contribution is -2.09. The summed E-state index contributed by atoms with van der Waals surface area (Å²) >= 11 is 1.25. The van der Waals surface area contributed by atoms with Gasteiger partial charge in [-0.15, -0.1) is 5.10 Å². The van der Waals surface area contributed by atoms with Crippen molar-refractivity contribution in [1.82, 2.24) is 25.1 Å². The summed E-state index contributed by atoms with van der Waals surface area (Å²) in [6.07, 6.45) is 1.80. The summed E-state index contributed by atoms with van der Waals surface area (Å²) in [7, 11) is 3.77. The van der Waals surface area contributed by atoms with E-state index in [0.717, 1.165) is 16.5 Å². The minimum Gasteiger partial charge on any atom is -0.382 e. The fourth-order valence-electron chi connectivity index (χ4n) is 2.91. The minimum absolute atomic E-state index is 0.0722. The standard InChI is InChI=1S/C22H19N5OS/c1-26(2)15-20(21(28)18-13-12-16-8-6-7-9-17(16)14-18)29-22-23-24-25-27(22)19-10-4-3-5-11-19/h3-15H,1-2H3/b20-15-. The number of fused-ring (bicyclic) bond motifs is 1. The van der Waals surface area contributed by atoms with Crippen LogP contribution < -0.4 is 0 Å². The Morgan fingerprint density at radius 1 is 0.966 bits per heavy atom. The summed E-state index contributed by atoms with van der Waals surface area (Å²) in [4.78, 5) is 15.7. The van der Waals surface area contributed by atoms with Crippen molar-refractivity contribution in [3.05, 3.63) is 89.5 Å². The summed E-state index contributed by atoms with van der Waals surface area (Å²) in [5.74, 6) is -0.0722. The Morgan fingerprint density at radius 3 is 2.45 bits per heavy atom. The fraction of sp³-hybridized carbons (Fsp3) is 0.0909. The molecular weight excluding hydrogens is 382 g/mol. The summed E-state index contributed by atoms with van der Waals surface area (Å²) in [6.45, 7) is 0. The molecule has 0 aliphatic heterocycles. The second-order valence-electron chi connectivity index (χ2n) is 6.66. The van der Waals surface area contributed by atoms with Gasteiger partial charge in [0.05, 0.1) is 10.6 Å². The maximum atomic E-state index is 13.3. The molecule has 3 aromatic carbocycles. The van der Waals surface area contributed by atoms with Crippen LogP contribution in [0.2, 0.25) is 0 Å². The van der Waals surface area contributed by atoms with Crippen molar-refractivity contribution < 1.29 is 4.79 Å². The van der Waals surface area contributed by atoms with Crippen LogP contribution in [0.3, 0.4) is 0 Å². The Bertz CT molecular complexity index is 1180. The number of aromatic nitrogens is 4. The van der Waals surface area contributed by atoms with E-state index in [1.54, 1.807) is 10.9 Å². The first-order valence-corrected chi connectivity index (χ1v) is 9.87. The van der Waals surface area contributed by atoms with E-state index in [9.17, 15) is 4.79 Å². The molecule has 0 aliphatic carbocycles. The second kappa shape index (κ2) is 8.28. The maximum absolute atomic E-state index is 13.3. The van der Waals surface area contributed by atoms with Crippen molar-refractivity contribution in [2.24, 2.45) is 0 Å². The number of rotatable bonds is 6. The van der Waals surface area contributed by atoms with Crippen LogP contribution in [0.15, 0.2) is 89.1 Å². The zero-order valence-corrected chi connectivity index (χ0v) is 16.9. The smallest absolute Gasteiger partial charge is 0.219 e. The van der Waals surface area contributed by atoms with Crippen LogP contribution in [0.5, 0.6) is 0 Å². The molecule has 6 nitrogen and oxygen atoms in total. The van der Waals surface area contributed by atoms with E-state index >= 15 is 0 Å². The predicted octanol–water partition coefficient (Wildman–Crippen LogP) is 4.19. The minimum atomic E-state index is -0.0722. The number of carbonyl (C=O) groups is 1. The average Bonchev–Trinajstić information content (AvgIpc) is 3.21. The van der Waals surface area contributed by atoms with Gasteiger partial charge in [0.25, 0.3) is 0 Å². The molecule has 0 N–H and O–H groups in total. The number of allylic oxidation sites excluding steroid dienone is 1. The molecule has 0 fully saturated rings. The van der Waals surface area contributed by atoms with Crippen LogP contribution >= 0.6 is 11.8 Å². The van der Waals surface area contributed by atoms with Gasteiger partial charge in [-0.3, -0.25) is 4.79 Å². The first kappa shape index (κ1) is 18.9. The van der Waals surface area contributed by atoms with Crippen molar-refractivity contribution in [1.29, 1.82) is 0 Å². The summed E-state index contributed by atoms with van der Waals surface area (Å²) < 4.78 is 1.63. The van der Waals surface area contributed by atoms with Gasteiger partial charge < -0.3 is 4.90 Å². The van der Waals surface area contributed by atoms with Crippen molar-refractivity contribution >= 4 is 28.3 Å². The molecule has 144 valence electrons. The number of benzene rings is 3. The number of Topliss-reactive ketones (excluding diaryl/α,β-unsaturated/α-hetero) is 1. The van der Waals surface area contributed by atoms with Crippen molar-refractivity contribution in [2.75, 3.05) is 14.1 Å². The van der Waals surface area contributed by atoms with Crippen LogP contribution in [-0.4, -0.2) is 45.0 Å². The highest BCUT2D eigenvalue weighted by Gasteiger charge is 2.19. The highest BCUT2D eigenvalue weighted by molar-refractivity contribution is 8.03. The number of nitrogens with zero attached hydrogens (tertiary/aromatic N) is 5. The van der Waals surface area contributed by atoms with Gasteiger partial charge in [0, 0.05) is 25.9 Å².